The first kappa shape index (κ1) is 16.5. The van der Waals surface area contributed by atoms with Gasteiger partial charge in [-0.2, -0.15) is 0 Å². The minimum Gasteiger partial charge on any atom is -0.370 e. The van der Waals surface area contributed by atoms with E-state index >= 15 is 0 Å². The monoisotopic (exact) mass is 348 g/mol. The van der Waals surface area contributed by atoms with E-state index in [4.69, 9.17) is 11.6 Å². The molecule has 2 aromatic rings. The molecule has 1 unspecified atom stereocenters. The van der Waals surface area contributed by atoms with E-state index in [9.17, 15) is 4.21 Å². The van der Waals surface area contributed by atoms with Gasteiger partial charge in [0.05, 0.1) is 4.90 Å². The van der Waals surface area contributed by atoms with Crippen molar-refractivity contribution in [3.63, 3.8) is 0 Å². The van der Waals surface area contributed by atoms with Gasteiger partial charge in [-0.3, -0.25) is 0 Å². The van der Waals surface area contributed by atoms with Crippen LogP contribution in [0.5, 0.6) is 0 Å². The largest absolute Gasteiger partial charge is 0.370 e. The Morgan fingerprint density at radius 2 is 1.91 bits per heavy atom. The number of anilines is 1. The van der Waals surface area contributed by atoms with Crippen LogP contribution in [0.4, 0.5) is 5.69 Å². The third-order valence-electron chi connectivity index (χ3n) is 4.24. The smallest absolute Gasteiger partial charge is 0.125 e. The summed E-state index contributed by atoms with van der Waals surface area (Å²) in [7, 11) is -1.21. The molecular weight excluding hydrogens is 328 g/mol. The van der Waals surface area contributed by atoms with Crippen molar-refractivity contribution in [1.29, 1.82) is 0 Å². The van der Waals surface area contributed by atoms with Crippen molar-refractivity contribution in [1.82, 2.24) is 4.72 Å². The molecule has 0 bridgehead atoms. The Balaban J connectivity index is 1.67. The summed E-state index contributed by atoms with van der Waals surface area (Å²) >= 11 is 6.12. The van der Waals surface area contributed by atoms with E-state index < -0.39 is 11.0 Å². The van der Waals surface area contributed by atoms with Crippen molar-refractivity contribution in [2.45, 2.75) is 31.2 Å². The van der Waals surface area contributed by atoms with Crippen molar-refractivity contribution in [2.24, 2.45) is 0 Å². The van der Waals surface area contributed by atoms with Crippen LogP contribution in [-0.4, -0.2) is 23.3 Å². The Kier molecular flexibility index (Phi) is 5.05. The lowest BCUT2D eigenvalue weighted by atomic mass is 10.2. The van der Waals surface area contributed by atoms with Crippen LogP contribution in [0.15, 0.2) is 47.4 Å². The van der Waals surface area contributed by atoms with E-state index in [0.717, 1.165) is 40.6 Å². The second-order valence-electron chi connectivity index (χ2n) is 6.02. The van der Waals surface area contributed by atoms with Crippen molar-refractivity contribution >= 4 is 28.3 Å². The third-order valence-corrected chi connectivity index (χ3v) is 6.03. The molecule has 0 aromatic heterocycles. The van der Waals surface area contributed by atoms with E-state index in [0.29, 0.717) is 0 Å². The Morgan fingerprint density at radius 3 is 2.65 bits per heavy atom. The average molecular weight is 349 g/mol. The summed E-state index contributed by atoms with van der Waals surface area (Å²) in [4.78, 5) is 3.15. The van der Waals surface area contributed by atoms with E-state index in [2.05, 4.69) is 21.8 Å². The average Bonchev–Trinajstić information content (AvgIpc) is 3.00. The number of aryl methyl sites for hydroxylation is 2. The second kappa shape index (κ2) is 7.04. The fourth-order valence-electron chi connectivity index (χ4n) is 2.90. The zero-order chi connectivity index (χ0) is 16.4. The van der Waals surface area contributed by atoms with Crippen LogP contribution in [0.1, 0.15) is 17.5 Å². The predicted molar refractivity (Wildman–Crippen MR) is 97.5 cm³/mol. The number of halogens is 1. The first-order valence-electron chi connectivity index (χ1n) is 7.79. The molecular formula is C18H21ClN2OS. The summed E-state index contributed by atoms with van der Waals surface area (Å²) in [5.74, 6) is 0. The Bertz CT molecular complexity index is 720. The first-order chi connectivity index (χ1) is 11.0. The van der Waals surface area contributed by atoms with Crippen LogP contribution in [0.25, 0.3) is 0 Å². The van der Waals surface area contributed by atoms with E-state index in [1.807, 2.05) is 44.2 Å². The quantitative estimate of drug-likeness (QED) is 0.910. The highest BCUT2D eigenvalue weighted by Gasteiger charge is 2.24. The molecule has 0 radical (unpaired) electrons. The van der Waals surface area contributed by atoms with Gasteiger partial charge in [-0.15, -0.1) is 0 Å². The lowest BCUT2D eigenvalue weighted by Crippen LogP contribution is -2.34. The van der Waals surface area contributed by atoms with E-state index in [1.54, 1.807) is 0 Å². The van der Waals surface area contributed by atoms with Crippen LogP contribution in [-0.2, 0) is 11.0 Å². The summed E-state index contributed by atoms with van der Waals surface area (Å²) in [6.07, 6.45) is 0.992. The van der Waals surface area contributed by atoms with Crippen LogP contribution in [0.2, 0.25) is 5.02 Å². The molecule has 1 aliphatic rings. The Hall–Kier alpha value is -1.36. The summed E-state index contributed by atoms with van der Waals surface area (Å²) < 4.78 is 15.9. The molecule has 1 aliphatic heterocycles. The molecule has 1 heterocycles. The summed E-state index contributed by atoms with van der Waals surface area (Å²) in [5.41, 5.74) is 3.14. The molecule has 0 saturated carbocycles. The summed E-state index contributed by atoms with van der Waals surface area (Å²) in [6.45, 7) is 5.75. The molecule has 3 rings (SSSR count). The van der Waals surface area contributed by atoms with Gasteiger partial charge in [0.25, 0.3) is 0 Å². The van der Waals surface area contributed by atoms with Gasteiger partial charge in [0.2, 0.25) is 0 Å². The maximum atomic E-state index is 12.7. The van der Waals surface area contributed by atoms with Gasteiger partial charge in [0.1, 0.15) is 11.0 Å². The second-order valence-corrected chi connectivity index (χ2v) is 7.64. The standard InChI is InChI=1S/C18H21ClN2OS/c1-13-11-18(14(2)10-17(13)19)23(22)20-15-8-9-21(12-15)16-6-4-3-5-7-16/h3-7,10-11,15,20H,8-9,12H2,1-2H3/t15-,23?/m1/s1. The topological polar surface area (TPSA) is 32.3 Å². The van der Waals surface area contributed by atoms with Crippen molar-refractivity contribution in [3.8, 4) is 0 Å². The normalized spacial score (nSPS) is 19.1. The van der Waals surface area contributed by atoms with Gasteiger partial charge in [0.15, 0.2) is 0 Å². The number of rotatable bonds is 4. The van der Waals surface area contributed by atoms with Gasteiger partial charge in [0, 0.05) is 29.8 Å². The van der Waals surface area contributed by atoms with Crippen LogP contribution >= 0.6 is 11.6 Å². The highest BCUT2D eigenvalue weighted by atomic mass is 35.5. The van der Waals surface area contributed by atoms with Gasteiger partial charge in [-0.1, -0.05) is 29.8 Å². The van der Waals surface area contributed by atoms with Crippen molar-refractivity contribution < 1.29 is 4.21 Å². The van der Waals surface area contributed by atoms with Crippen LogP contribution in [0.3, 0.4) is 0 Å². The third kappa shape index (κ3) is 3.77. The molecule has 1 saturated heterocycles. The molecule has 0 aliphatic carbocycles. The fraction of sp³-hybridized carbons (Fsp3) is 0.333. The highest BCUT2D eigenvalue weighted by molar-refractivity contribution is 7.83. The maximum Gasteiger partial charge on any atom is 0.125 e. The summed E-state index contributed by atoms with van der Waals surface area (Å²) in [5, 5.41) is 0.722. The van der Waals surface area contributed by atoms with E-state index in [-0.39, 0.29) is 6.04 Å². The fourth-order valence-corrected chi connectivity index (χ4v) is 4.37. The molecule has 122 valence electrons. The zero-order valence-corrected chi connectivity index (χ0v) is 15.0. The number of nitrogens with zero attached hydrogens (tertiary/aromatic N) is 1. The molecule has 0 spiro atoms. The molecule has 1 fully saturated rings. The molecule has 23 heavy (non-hydrogen) atoms. The number of hydrogen-bond acceptors (Lipinski definition) is 2. The molecule has 2 aromatic carbocycles. The van der Waals surface area contributed by atoms with Gasteiger partial charge in [-0.05, 0) is 55.7 Å². The highest BCUT2D eigenvalue weighted by Crippen LogP contribution is 2.24. The van der Waals surface area contributed by atoms with Crippen molar-refractivity contribution in [2.75, 3.05) is 18.0 Å². The number of nitrogens with one attached hydrogen (secondary N) is 1. The zero-order valence-electron chi connectivity index (χ0n) is 13.4. The molecule has 5 heteroatoms. The first-order valence-corrected chi connectivity index (χ1v) is 9.32. The Morgan fingerprint density at radius 1 is 1.17 bits per heavy atom. The van der Waals surface area contributed by atoms with Crippen LogP contribution in [0, 0.1) is 13.8 Å². The lowest BCUT2D eigenvalue weighted by Gasteiger charge is -2.19. The van der Waals surface area contributed by atoms with Gasteiger partial charge in [-0.25, -0.2) is 8.93 Å². The van der Waals surface area contributed by atoms with Crippen molar-refractivity contribution in [3.05, 3.63) is 58.6 Å². The van der Waals surface area contributed by atoms with Gasteiger partial charge >= 0.3 is 0 Å². The van der Waals surface area contributed by atoms with Crippen LogP contribution < -0.4 is 9.62 Å². The minimum atomic E-state index is -1.21. The van der Waals surface area contributed by atoms with E-state index in [1.165, 1.54) is 5.69 Å². The molecule has 0 amide bonds. The SMILES string of the molecule is Cc1cc(S(=O)N[C@@H]2CCN(c3ccccc3)C2)c(C)cc1Cl. The number of hydrogen-bond donors (Lipinski definition) is 1. The minimum absolute atomic E-state index is 0.228. The molecule has 3 nitrogen and oxygen atoms in total. The number of para-hydroxylation sites is 1. The van der Waals surface area contributed by atoms with Gasteiger partial charge < -0.3 is 4.90 Å². The summed E-state index contributed by atoms with van der Waals surface area (Å²) in [6, 6.07) is 14.4. The maximum absolute atomic E-state index is 12.7. The lowest BCUT2D eigenvalue weighted by molar-refractivity contribution is 0.637. The Labute approximate surface area is 145 Å². The molecule has 1 N–H and O–H groups in total. The number of benzene rings is 2. The molecule has 2 atom stereocenters. The predicted octanol–water partition coefficient (Wildman–Crippen LogP) is 3.85.